The fourth-order valence-electron chi connectivity index (χ4n) is 4.17. The molecule has 6 heteroatoms. The SMILES string of the molecule is Cc1noc(C)c1C(=O)N1CC[C@H]2OCCN(CC3CC3)[C@H]2CC1. The minimum atomic E-state index is 0.0543. The first-order chi connectivity index (χ1) is 11.6. The second-order valence-electron chi connectivity index (χ2n) is 7.48. The van der Waals surface area contributed by atoms with E-state index in [4.69, 9.17) is 9.26 Å². The number of likely N-dealkylation sites (tertiary alicyclic amines) is 1. The summed E-state index contributed by atoms with van der Waals surface area (Å²) in [5.41, 5.74) is 1.32. The second-order valence-corrected chi connectivity index (χ2v) is 7.48. The number of rotatable bonds is 3. The van der Waals surface area contributed by atoms with E-state index in [0.717, 1.165) is 45.0 Å². The van der Waals surface area contributed by atoms with Crippen molar-refractivity contribution < 1.29 is 14.1 Å². The van der Waals surface area contributed by atoms with Gasteiger partial charge in [0.1, 0.15) is 11.3 Å². The highest BCUT2D eigenvalue weighted by molar-refractivity contribution is 5.96. The van der Waals surface area contributed by atoms with Crippen molar-refractivity contribution in [1.82, 2.24) is 15.0 Å². The van der Waals surface area contributed by atoms with Gasteiger partial charge < -0.3 is 14.2 Å². The number of aryl methyl sites for hydroxylation is 2. The standard InChI is InChI=1S/C18H27N3O3/c1-12-17(13(2)24-19-12)18(22)20-7-5-15-16(6-8-20)23-10-9-21(15)11-14-3-4-14/h14-16H,3-11H2,1-2H3/t15-,16+/m0/s1. The van der Waals surface area contributed by atoms with Gasteiger partial charge in [0.25, 0.3) is 5.91 Å². The number of carbonyl (C=O) groups excluding carboxylic acids is 1. The van der Waals surface area contributed by atoms with Gasteiger partial charge in [-0.2, -0.15) is 0 Å². The van der Waals surface area contributed by atoms with Crippen molar-refractivity contribution in [2.75, 3.05) is 32.8 Å². The van der Waals surface area contributed by atoms with Crippen LogP contribution in [0.15, 0.2) is 4.52 Å². The van der Waals surface area contributed by atoms with Crippen LogP contribution in [0, 0.1) is 19.8 Å². The van der Waals surface area contributed by atoms with Crippen LogP contribution >= 0.6 is 0 Å². The first-order valence-corrected chi connectivity index (χ1v) is 9.21. The lowest BCUT2D eigenvalue weighted by Crippen LogP contribution is -2.51. The molecule has 2 aliphatic heterocycles. The Morgan fingerprint density at radius 3 is 2.67 bits per heavy atom. The Morgan fingerprint density at radius 2 is 1.96 bits per heavy atom. The molecular formula is C18H27N3O3. The molecule has 0 unspecified atom stereocenters. The quantitative estimate of drug-likeness (QED) is 0.847. The molecule has 2 atom stereocenters. The minimum Gasteiger partial charge on any atom is -0.375 e. The van der Waals surface area contributed by atoms with Gasteiger partial charge >= 0.3 is 0 Å². The molecule has 3 aliphatic rings. The third kappa shape index (κ3) is 3.09. The van der Waals surface area contributed by atoms with Gasteiger partial charge in [-0.05, 0) is 45.4 Å². The maximum Gasteiger partial charge on any atom is 0.259 e. The first-order valence-electron chi connectivity index (χ1n) is 9.21. The lowest BCUT2D eigenvalue weighted by molar-refractivity contribution is -0.0727. The molecule has 0 bridgehead atoms. The fraction of sp³-hybridized carbons (Fsp3) is 0.778. The molecule has 6 nitrogen and oxygen atoms in total. The number of fused-ring (bicyclic) bond motifs is 1. The van der Waals surface area contributed by atoms with Crippen LogP contribution in [0.5, 0.6) is 0 Å². The molecule has 1 aromatic heterocycles. The molecule has 1 amide bonds. The normalized spacial score (nSPS) is 28.5. The molecule has 1 saturated carbocycles. The van der Waals surface area contributed by atoms with E-state index < -0.39 is 0 Å². The number of carbonyl (C=O) groups is 1. The average Bonchev–Trinajstić information content (AvgIpc) is 3.34. The van der Waals surface area contributed by atoms with Gasteiger partial charge in [-0.25, -0.2) is 0 Å². The Hall–Kier alpha value is -1.40. The van der Waals surface area contributed by atoms with Gasteiger partial charge in [0, 0.05) is 32.2 Å². The summed E-state index contributed by atoms with van der Waals surface area (Å²) in [7, 11) is 0. The van der Waals surface area contributed by atoms with Crippen molar-refractivity contribution in [1.29, 1.82) is 0 Å². The van der Waals surface area contributed by atoms with Crippen LogP contribution in [-0.2, 0) is 4.74 Å². The lowest BCUT2D eigenvalue weighted by Gasteiger charge is -2.40. The van der Waals surface area contributed by atoms with Gasteiger partial charge in [-0.3, -0.25) is 9.69 Å². The minimum absolute atomic E-state index is 0.0543. The molecule has 0 spiro atoms. The highest BCUT2D eigenvalue weighted by atomic mass is 16.5. The third-order valence-electron chi connectivity index (χ3n) is 5.71. The summed E-state index contributed by atoms with van der Waals surface area (Å²) >= 11 is 0. The smallest absolute Gasteiger partial charge is 0.259 e. The summed E-state index contributed by atoms with van der Waals surface area (Å²) in [6, 6.07) is 0.460. The summed E-state index contributed by atoms with van der Waals surface area (Å²) in [5, 5.41) is 3.92. The lowest BCUT2D eigenvalue weighted by atomic mass is 10.0. The highest BCUT2D eigenvalue weighted by Gasteiger charge is 2.38. The van der Waals surface area contributed by atoms with Crippen molar-refractivity contribution in [3.63, 3.8) is 0 Å². The van der Waals surface area contributed by atoms with E-state index in [1.807, 2.05) is 18.7 Å². The maximum atomic E-state index is 12.9. The number of nitrogens with zero attached hydrogens (tertiary/aromatic N) is 3. The zero-order chi connectivity index (χ0) is 16.7. The highest BCUT2D eigenvalue weighted by Crippen LogP contribution is 2.33. The van der Waals surface area contributed by atoms with Gasteiger partial charge in [0.15, 0.2) is 0 Å². The number of hydrogen-bond acceptors (Lipinski definition) is 5. The summed E-state index contributed by atoms with van der Waals surface area (Å²) in [6.45, 7) is 8.26. The molecule has 3 fully saturated rings. The molecule has 132 valence electrons. The zero-order valence-corrected chi connectivity index (χ0v) is 14.7. The molecule has 0 radical (unpaired) electrons. The number of hydrogen-bond donors (Lipinski definition) is 0. The van der Waals surface area contributed by atoms with Crippen LogP contribution in [0.3, 0.4) is 0 Å². The number of ether oxygens (including phenoxy) is 1. The second kappa shape index (κ2) is 6.48. The Labute approximate surface area is 143 Å². The van der Waals surface area contributed by atoms with Crippen LogP contribution in [0.25, 0.3) is 0 Å². The van der Waals surface area contributed by atoms with Gasteiger partial charge in [-0.1, -0.05) is 5.16 Å². The Balaban J connectivity index is 1.46. The van der Waals surface area contributed by atoms with Crippen molar-refractivity contribution >= 4 is 5.91 Å². The van der Waals surface area contributed by atoms with Gasteiger partial charge in [0.05, 0.1) is 18.4 Å². The van der Waals surface area contributed by atoms with Crippen LogP contribution in [-0.4, -0.2) is 65.8 Å². The molecule has 24 heavy (non-hydrogen) atoms. The van der Waals surface area contributed by atoms with E-state index in [9.17, 15) is 4.79 Å². The van der Waals surface area contributed by atoms with Crippen molar-refractivity contribution in [3.8, 4) is 0 Å². The Kier molecular flexibility index (Phi) is 4.35. The number of aromatic nitrogens is 1. The summed E-state index contributed by atoms with van der Waals surface area (Å²) in [4.78, 5) is 17.5. The van der Waals surface area contributed by atoms with Gasteiger partial charge in [0.2, 0.25) is 0 Å². The van der Waals surface area contributed by atoms with Gasteiger partial charge in [-0.15, -0.1) is 0 Å². The van der Waals surface area contributed by atoms with Crippen LogP contribution < -0.4 is 0 Å². The van der Waals surface area contributed by atoms with E-state index in [-0.39, 0.29) is 12.0 Å². The Bertz CT molecular complexity index is 591. The topological polar surface area (TPSA) is 58.8 Å². The monoisotopic (exact) mass is 333 g/mol. The molecule has 2 saturated heterocycles. The van der Waals surface area contributed by atoms with Crippen LogP contribution in [0.2, 0.25) is 0 Å². The molecule has 0 N–H and O–H groups in total. The average molecular weight is 333 g/mol. The van der Waals surface area contributed by atoms with E-state index >= 15 is 0 Å². The first kappa shape index (κ1) is 16.1. The van der Waals surface area contributed by atoms with Crippen molar-refractivity contribution in [2.24, 2.45) is 5.92 Å². The summed E-state index contributed by atoms with van der Waals surface area (Å²) in [6.07, 6.45) is 4.93. The Morgan fingerprint density at radius 1 is 1.17 bits per heavy atom. The predicted octanol–water partition coefficient (Wildman–Crippen LogP) is 2.01. The van der Waals surface area contributed by atoms with Crippen LogP contribution in [0.1, 0.15) is 47.5 Å². The van der Waals surface area contributed by atoms with E-state index in [0.29, 0.717) is 23.1 Å². The predicted molar refractivity (Wildman–Crippen MR) is 88.9 cm³/mol. The molecular weight excluding hydrogens is 306 g/mol. The molecule has 0 aromatic carbocycles. The molecule has 4 rings (SSSR count). The van der Waals surface area contributed by atoms with E-state index in [1.54, 1.807) is 0 Å². The zero-order valence-electron chi connectivity index (χ0n) is 14.7. The maximum absolute atomic E-state index is 12.9. The molecule has 1 aromatic rings. The van der Waals surface area contributed by atoms with Crippen LogP contribution in [0.4, 0.5) is 0 Å². The van der Waals surface area contributed by atoms with E-state index in [2.05, 4.69) is 10.1 Å². The van der Waals surface area contributed by atoms with Crippen molar-refractivity contribution in [2.45, 2.75) is 51.7 Å². The fourth-order valence-corrected chi connectivity index (χ4v) is 4.17. The third-order valence-corrected chi connectivity index (χ3v) is 5.71. The molecule has 3 heterocycles. The molecule has 1 aliphatic carbocycles. The number of amides is 1. The number of morpholine rings is 1. The summed E-state index contributed by atoms with van der Waals surface area (Å²) in [5.74, 6) is 1.57. The summed E-state index contributed by atoms with van der Waals surface area (Å²) < 4.78 is 11.2. The van der Waals surface area contributed by atoms with E-state index in [1.165, 1.54) is 19.4 Å². The largest absolute Gasteiger partial charge is 0.375 e. The van der Waals surface area contributed by atoms with Crippen molar-refractivity contribution in [3.05, 3.63) is 17.0 Å².